The standard InChI is InChI=1S/C23H27Cl3N2O2S/c24-18-6-4-16(5-7-18)14-17-10-12-28(13-11-17)23-3-1-2-22(23)27-31(29,30)19-8-9-20(25)21(26)15-19/h4-9,15,17,22-23,27H,1-3,10-14H2/t22-,23-/m1/s1. The molecule has 0 unspecified atom stereocenters. The highest BCUT2D eigenvalue weighted by atomic mass is 35.5. The van der Waals surface area contributed by atoms with Crippen LogP contribution in [0.5, 0.6) is 0 Å². The fourth-order valence-electron chi connectivity index (χ4n) is 4.87. The van der Waals surface area contributed by atoms with Crippen LogP contribution in [0.15, 0.2) is 47.4 Å². The number of piperidine rings is 1. The van der Waals surface area contributed by atoms with Crippen molar-refractivity contribution >= 4 is 44.8 Å². The summed E-state index contributed by atoms with van der Waals surface area (Å²) >= 11 is 18.0. The molecule has 0 spiro atoms. The third-order valence-corrected chi connectivity index (χ3v) is 9.02. The number of hydrogen-bond acceptors (Lipinski definition) is 3. The van der Waals surface area contributed by atoms with E-state index in [9.17, 15) is 8.42 Å². The smallest absolute Gasteiger partial charge is 0.240 e. The van der Waals surface area contributed by atoms with Gasteiger partial charge in [-0.15, -0.1) is 0 Å². The first kappa shape index (κ1) is 23.3. The highest BCUT2D eigenvalue weighted by molar-refractivity contribution is 7.89. The van der Waals surface area contributed by atoms with Crippen molar-refractivity contribution < 1.29 is 8.42 Å². The van der Waals surface area contributed by atoms with Crippen molar-refractivity contribution in [3.8, 4) is 0 Å². The second kappa shape index (κ2) is 9.98. The summed E-state index contributed by atoms with van der Waals surface area (Å²) in [5.41, 5.74) is 1.33. The van der Waals surface area contributed by atoms with Crippen molar-refractivity contribution in [3.05, 3.63) is 63.1 Å². The molecule has 1 heterocycles. The molecular formula is C23H27Cl3N2O2S. The average Bonchev–Trinajstić information content (AvgIpc) is 3.19. The summed E-state index contributed by atoms with van der Waals surface area (Å²) in [4.78, 5) is 2.64. The summed E-state index contributed by atoms with van der Waals surface area (Å²) in [5.74, 6) is 0.658. The second-order valence-electron chi connectivity index (χ2n) is 8.61. The number of sulfonamides is 1. The summed E-state index contributed by atoms with van der Waals surface area (Å²) in [6.07, 6.45) is 6.25. The van der Waals surface area contributed by atoms with Crippen LogP contribution in [0.4, 0.5) is 0 Å². The first-order valence-corrected chi connectivity index (χ1v) is 13.4. The van der Waals surface area contributed by atoms with Crippen LogP contribution in [-0.4, -0.2) is 38.5 Å². The zero-order chi connectivity index (χ0) is 22.0. The van der Waals surface area contributed by atoms with E-state index in [2.05, 4.69) is 21.8 Å². The zero-order valence-corrected chi connectivity index (χ0v) is 20.3. The number of nitrogens with zero attached hydrogens (tertiary/aromatic N) is 1. The molecule has 0 bridgehead atoms. The molecule has 1 aliphatic heterocycles. The lowest BCUT2D eigenvalue weighted by molar-refractivity contribution is 0.122. The van der Waals surface area contributed by atoms with Gasteiger partial charge in [-0.2, -0.15) is 0 Å². The maximum atomic E-state index is 12.9. The SMILES string of the molecule is O=S(=O)(N[C@@H]1CCC[C@H]1N1CCC(Cc2ccc(Cl)cc2)CC1)c1ccc(Cl)c(Cl)c1. The molecule has 4 nitrogen and oxygen atoms in total. The van der Waals surface area contributed by atoms with Crippen LogP contribution in [0.2, 0.25) is 15.1 Å². The van der Waals surface area contributed by atoms with E-state index in [1.807, 2.05) is 12.1 Å². The molecule has 2 aromatic carbocycles. The van der Waals surface area contributed by atoms with E-state index in [-0.39, 0.29) is 22.0 Å². The van der Waals surface area contributed by atoms with Gasteiger partial charge >= 0.3 is 0 Å². The number of hydrogen-bond donors (Lipinski definition) is 1. The molecule has 2 atom stereocenters. The van der Waals surface area contributed by atoms with Gasteiger partial charge in [-0.3, -0.25) is 4.90 Å². The van der Waals surface area contributed by atoms with Crippen molar-refractivity contribution in [3.63, 3.8) is 0 Å². The van der Waals surface area contributed by atoms with Gasteiger partial charge in [0, 0.05) is 17.1 Å². The molecule has 168 valence electrons. The predicted molar refractivity (Wildman–Crippen MR) is 128 cm³/mol. The highest BCUT2D eigenvalue weighted by Crippen LogP contribution is 2.31. The van der Waals surface area contributed by atoms with E-state index in [0.29, 0.717) is 10.9 Å². The van der Waals surface area contributed by atoms with E-state index in [0.717, 1.165) is 56.6 Å². The Morgan fingerprint density at radius 1 is 0.903 bits per heavy atom. The Morgan fingerprint density at radius 3 is 2.29 bits per heavy atom. The number of likely N-dealkylation sites (tertiary alicyclic amines) is 1. The van der Waals surface area contributed by atoms with Crippen LogP contribution >= 0.6 is 34.8 Å². The first-order valence-electron chi connectivity index (χ1n) is 10.8. The van der Waals surface area contributed by atoms with Crippen molar-refractivity contribution in [2.75, 3.05) is 13.1 Å². The van der Waals surface area contributed by atoms with Gasteiger partial charge in [-0.1, -0.05) is 53.4 Å². The van der Waals surface area contributed by atoms with Gasteiger partial charge in [-0.25, -0.2) is 13.1 Å². The van der Waals surface area contributed by atoms with Gasteiger partial charge in [0.2, 0.25) is 10.0 Å². The maximum absolute atomic E-state index is 12.9. The third kappa shape index (κ3) is 5.76. The Morgan fingerprint density at radius 2 is 1.61 bits per heavy atom. The second-order valence-corrected chi connectivity index (χ2v) is 11.6. The molecular weight excluding hydrogens is 475 g/mol. The lowest BCUT2D eigenvalue weighted by Gasteiger charge is -2.38. The average molecular weight is 502 g/mol. The minimum atomic E-state index is -3.64. The summed E-state index contributed by atoms with van der Waals surface area (Å²) < 4.78 is 28.8. The fraction of sp³-hybridized carbons (Fsp3) is 0.478. The molecule has 0 aromatic heterocycles. The normalized spacial score (nSPS) is 23.3. The zero-order valence-electron chi connectivity index (χ0n) is 17.2. The van der Waals surface area contributed by atoms with E-state index in [1.54, 1.807) is 0 Å². The summed E-state index contributed by atoms with van der Waals surface area (Å²) in [6, 6.07) is 12.7. The molecule has 1 saturated carbocycles. The first-order chi connectivity index (χ1) is 14.8. The number of nitrogens with one attached hydrogen (secondary N) is 1. The van der Waals surface area contributed by atoms with E-state index < -0.39 is 10.0 Å². The molecule has 2 aromatic rings. The molecule has 31 heavy (non-hydrogen) atoms. The van der Waals surface area contributed by atoms with Gasteiger partial charge in [0.1, 0.15) is 0 Å². The largest absolute Gasteiger partial charge is 0.299 e. The summed E-state index contributed by atoms with van der Waals surface area (Å²) in [6.45, 7) is 2.02. The van der Waals surface area contributed by atoms with Gasteiger partial charge in [0.25, 0.3) is 0 Å². The third-order valence-electron chi connectivity index (χ3n) is 6.54. The number of rotatable bonds is 6. The molecule has 2 aliphatic rings. The van der Waals surface area contributed by atoms with Crippen LogP contribution in [0.3, 0.4) is 0 Å². The highest BCUT2D eigenvalue weighted by Gasteiger charge is 2.36. The Hall–Kier alpha value is -0.820. The summed E-state index contributed by atoms with van der Waals surface area (Å²) in [7, 11) is -3.64. The molecule has 2 fully saturated rings. The minimum absolute atomic E-state index is 0.0766. The molecule has 1 aliphatic carbocycles. The molecule has 0 amide bonds. The summed E-state index contributed by atoms with van der Waals surface area (Å²) in [5, 5.41) is 1.37. The van der Waals surface area contributed by atoms with Gasteiger partial charge < -0.3 is 0 Å². The Labute approximate surface area is 199 Å². The number of benzene rings is 2. The monoisotopic (exact) mass is 500 g/mol. The Kier molecular flexibility index (Phi) is 7.52. The molecule has 8 heteroatoms. The lowest BCUT2D eigenvalue weighted by Crippen LogP contribution is -2.51. The van der Waals surface area contributed by atoms with Gasteiger partial charge in [0.05, 0.1) is 14.9 Å². The van der Waals surface area contributed by atoms with Crippen molar-refractivity contribution in [2.45, 2.75) is 55.5 Å². The van der Waals surface area contributed by atoms with E-state index >= 15 is 0 Å². The Bertz CT molecular complexity index is 1010. The Balaban J connectivity index is 1.35. The van der Waals surface area contributed by atoms with E-state index in [1.165, 1.54) is 23.8 Å². The molecule has 1 saturated heterocycles. The molecule has 4 rings (SSSR count). The quantitative estimate of drug-likeness (QED) is 0.544. The van der Waals surface area contributed by atoms with Crippen LogP contribution in [0.1, 0.15) is 37.7 Å². The van der Waals surface area contributed by atoms with Crippen molar-refractivity contribution in [2.24, 2.45) is 5.92 Å². The van der Waals surface area contributed by atoms with Crippen LogP contribution < -0.4 is 4.72 Å². The number of halogens is 3. The predicted octanol–water partition coefficient (Wildman–Crippen LogP) is 5.80. The van der Waals surface area contributed by atoms with Crippen LogP contribution in [0, 0.1) is 5.92 Å². The topological polar surface area (TPSA) is 49.4 Å². The van der Waals surface area contributed by atoms with Crippen molar-refractivity contribution in [1.82, 2.24) is 9.62 Å². The van der Waals surface area contributed by atoms with Crippen LogP contribution in [0.25, 0.3) is 0 Å². The lowest BCUT2D eigenvalue weighted by atomic mass is 9.89. The van der Waals surface area contributed by atoms with Crippen molar-refractivity contribution in [1.29, 1.82) is 0 Å². The van der Waals surface area contributed by atoms with E-state index in [4.69, 9.17) is 34.8 Å². The van der Waals surface area contributed by atoms with Crippen LogP contribution in [-0.2, 0) is 16.4 Å². The fourth-order valence-corrected chi connectivity index (χ4v) is 6.69. The van der Waals surface area contributed by atoms with Gasteiger partial charge in [0.15, 0.2) is 0 Å². The maximum Gasteiger partial charge on any atom is 0.240 e. The molecule has 0 radical (unpaired) electrons. The molecule has 1 N–H and O–H groups in total. The van der Waals surface area contributed by atoms with Gasteiger partial charge in [-0.05, 0) is 87.0 Å². The minimum Gasteiger partial charge on any atom is -0.299 e.